The second-order valence-electron chi connectivity index (χ2n) is 6.53. The summed E-state index contributed by atoms with van der Waals surface area (Å²) in [5, 5.41) is 13.0. The molecule has 150 valence electrons. The number of anilines is 1. The van der Waals surface area contributed by atoms with E-state index in [-0.39, 0.29) is 23.5 Å². The van der Waals surface area contributed by atoms with Gasteiger partial charge in [0.25, 0.3) is 0 Å². The Hall–Kier alpha value is -3.61. The van der Waals surface area contributed by atoms with E-state index >= 15 is 0 Å². The van der Waals surface area contributed by atoms with E-state index in [1.165, 1.54) is 37.4 Å². The van der Waals surface area contributed by atoms with Gasteiger partial charge in [0, 0.05) is 24.1 Å². The number of nitrogens with one attached hydrogen (secondary N) is 1. The van der Waals surface area contributed by atoms with Crippen LogP contribution in [0.5, 0.6) is 11.5 Å². The molecule has 3 aromatic rings. The van der Waals surface area contributed by atoms with Crippen LogP contribution in [0, 0.1) is 12.7 Å². The fourth-order valence-corrected chi connectivity index (χ4v) is 3.08. The fourth-order valence-electron chi connectivity index (χ4n) is 3.08. The van der Waals surface area contributed by atoms with Gasteiger partial charge in [-0.1, -0.05) is 12.1 Å². The molecule has 1 heterocycles. The van der Waals surface area contributed by atoms with Crippen LogP contribution in [0.25, 0.3) is 0 Å². The zero-order valence-corrected chi connectivity index (χ0v) is 15.9. The summed E-state index contributed by atoms with van der Waals surface area (Å²) in [6.07, 6.45) is -0.134. The monoisotopic (exact) mass is 397 g/mol. The van der Waals surface area contributed by atoms with Crippen molar-refractivity contribution in [3.8, 4) is 11.5 Å². The van der Waals surface area contributed by atoms with Gasteiger partial charge in [0.2, 0.25) is 5.91 Å². The molecule has 7 heteroatoms. The lowest BCUT2D eigenvalue weighted by Gasteiger charge is -2.18. The number of aromatic hydroxyl groups is 1. The highest BCUT2D eigenvalue weighted by Gasteiger charge is 2.26. The minimum Gasteiger partial charge on any atom is -0.507 e. The molecular weight excluding hydrogens is 377 g/mol. The number of carbonyl (C=O) groups is 1. The molecule has 0 unspecified atom stereocenters. The van der Waals surface area contributed by atoms with Gasteiger partial charge in [-0.3, -0.25) is 4.79 Å². The summed E-state index contributed by atoms with van der Waals surface area (Å²) >= 11 is 0. The first-order chi connectivity index (χ1) is 13.9. The van der Waals surface area contributed by atoms with Crippen molar-refractivity contribution in [2.45, 2.75) is 19.3 Å². The van der Waals surface area contributed by atoms with Gasteiger partial charge in [-0.2, -0.15) is 0 Å². The van der Waals surface area contributed by atoms with Crippen molar-refractivity contribution in [1.29, 1.82) is 0 Å². The minimum atomic E-state index is -0.752. The quantitative estimate of drug-likeness (QED) is 0.657. The largest absolute Gasteiger partial charge is 0.507 e. The second kappa shape index (κ2) is 8.60. The van der Waals surface area contributed by atoms with Crippen molar-refractivity contribution in [2.24, 2.45) is 0 Å². The Kier molecular flexibility index (Phi) is 5.97. The molecule has 0 fully saturated rings. The number of aryl methyl sites for hydroxylation is 1. The van der Waals surface area contributed by atoms with Crippen LogP contribution in [0.2, 0.25) is 0 Å². The van der Waals surface area contributed by atoms with Crippen LogP contribution < -0.4 is 15.7 Å². The van der Waals surface area contributed by atoms with Crippen molar-refractivity contribution in [1.82, 2.24) is 0 Å². The Morgan fingerprint density at radius 3 is 2.41 bits per heavy atom. The maximum atomic E-state index is 13.1. The average molecular weight is 397 g/mol. The van der Waals surface area contributed by atoms with Crippen LogP contribution in [-0.2, 0) is 4.79 Å². The number of hydrogen-bond acceptors (Lipinski definition) is 5. The summed E-state index contributed by atoms with van der Waals surface area (Å²) in [5.41, 5.74) is 0.337. The SMILES string of the molecule is COc1ccc([C@@H](CC(=O)Nc2ccc(F)cc2)c2c(O)cc(C)oc2=O)cc1. The zero-order chi connectivity index (χ0) is 21.0. The molecule has 0 saturated heterocycles. The van der Waals surface area contributed by atoms with Crippen molar-refractivity contribution in [3.05, 3.63) is 87.7 Å². The maximum Gasteiger partial charge on any atom is 0.343 e. The van der Waals surface area contributed by atoms with E-state index in [1.807, 2.05) is 0 Å². The van der Waals surface area contributed by atoms with Gasteiger partial charge in [0.1, 0.15) is 23.1 Å². The van der Waals surface area contributed by atoms with E-state index < -0.39 is 23.3 Å². The highest BCUT2D eigenvalue weighted by Crippen LogP contribution is 2.33. The van der Waals surface area contributed by atoms with Gasteiger partial charge in [-0.15, -0.1) is 0 Å². The molecular formula is C22H20FNO5. The molecule has 1 atom stereocenters. The Bertz CT molecular complexity index is 1060. The first-order valence-electron chi connectivity index (χ1n) is 8.90. The Labute approximate surface area is 166 Å². The number of carbonyl (C=O) groups excluding carboxylic acids is 1. The normalized spacial score (nSPS) is 11.7. The first kappa shape index (κ1) is 20.1. The topological polar surface area (TPSA) is 88.8 Å². The van der Waals surface area contributed by atoms with Crippen LogP contribution in [0.15, 0.2) is 63.8 Å². The first-order valence-corrected chi connectivity index (χ1v) is 8.90. The molecule has 2 N–H and O–H groups in total. The van der Waals surface area contributed by atoms with E-state index in [0.29, 0.717) is 17.0 Å². The molecule has 3 rings (SSSR count). The van der Waals surface area contributed by atoms with E-state index in [9.17, 15) is 19.1 Å². The molecule has 0 saturated carbocycles. The van der Waals surface area contributed by atoms with Crippen LogP contribution >= 0.6 is 0 Å². The van der Waals surface area contributed by atoms with E-state index in [1.54, 1.807) is 31.2 Å². The molecule has 1 amide bonds. The van der Waals surface area contributed by atoms with Crippen molar-refractivity contribution < 1.29 is 23.4 Å². The number of ether oxygens (including phenoxy) is 1. The fraction of sp³-hybridized carbons (Fsp3) is 0.182. The van der Waals surface area contributed by atoms with Crippen LogP contribution in [0.4, 0.5) is 10.1 Å². The highest BCUT2D eigenvalue weighted by atomic mass is 19.1. The molecule has 6 nitrogen and oxygen atoms in total. The predicted octanol–water partition coefficient (Wildman–Crippen LogP) is 3.96. The van der Waals surface area contributed by atoms with Gasteiger partial charge in [-0.05, 0) is 48.9 Å². The summed E-state index contributed by atoms with van der Waals surface area (Å²) in [4.78, 5) is 25.1. The van der Waals surface area contributed by atoms with Gasteiger partial charge >= 0.3 is 5.63 Å². The molecule has 29 heavy (non-hydrogen) atoms. The maximum absolute atomic E-state index is 13.1. The molecule has 0 aliphatic heterocycles. The molecule has 0 aliphatic carbocycles. The van der Waals surface area contributed by atoms with Gasteiger partial charge < -0.3 is 19.6 Å². The molecule has 0 radical (unpaired) electrons. The summed E-state index contributed by atoms with van der Waals surface area (Å²) < 4.78 is 23.3. The van der Waals surface area contributed by atoms with E-state index in [2.05, 4.69) is 5.32 Å². The molecule has 0 spiro atoms. The van der Waals surface area contributed by atoms with Gasteiger partial charge in [-0.25, -0.2) is 9.18 Å². The second-order valence-corrected chi connectivity index (χ2v) is 6.53. The molecule has 0 bridgehead atoms. The van der Waals surface area contributed by atoms with Crippen molar-refractivity contribution in [3.63, 3.8) is 0 Å². The van der Waals surface area contributed by atoms with E-state index in [0.717, 1.165) is 0 Å². The summed E-state index contributed by atoms with van der Waals surface area (Å²) in [7, 11) is 1.53. The van der Waals surface area contributed by atoms with Gasteiger partial charge in [0.05, 0.1) is 12.7 Å². The third kappa shape index (κ3) is 4.82. The number of rotatable bonds is 6. The third-order valence-electron chi connectivity index (χ3n) is 4.47. The molecule has 1 aromatic heterocycles. The lowest BCUT2D eigenvalue weighted by Crippen LogP contribution is -2.21. The number of amides is 1. The average Bonchev–Trinajstić information content (AvgIpc) is 2.68. The molecule has 0 aliphatic rings. The number of halogens is 1. The van der Waals surface area contributed by atoms with Gasteiger partial charge in [0.15, 0.2) is 0 Å². The summed E-state index contributed by atoms with van der Waals surface area (Å²) in [6, 6.07) is 13.5. The van der Waals surface area contributed by atoms with Crippen LogP contribution in [-0.4, -0.2) is 18.1 Å². The lowest BCUT2D eigenvalue weighted by atomic mass is 9.88. The zero-order valence-electron chi connectivity index (χ0n) is 15.9. The number of benzene rings is 2. The van der Waals surface area contributed by atoms with E-state index in [4.69, 9.17) is 9.15 Å². The lowest BCUT2D eigenvalue weighted by molar-refractivity contribution is -0.116. The molecule has 2 aromatic carbocycles. The van der Waals surface area contributed by atoms with Crippen LogP contribution in [0.1, 0.15) is 29.2 Å². The minimum absolute atomic E-state index is 0.00461. The Balaban J connectivity index is 1.95. The summed E-state index contributed by atoms with van der Waals surface area (Å²) in [6.45, 7) is 1.55. The Morgan fingerprint density at radius 1 is 1.17 bits per heavy atom. The summed E-state index contributed by atoms with van der Waals surface area (Å²) in [5.74, 6) is -0.936. The third-order valence-corrected chi connectivity index (χ3v) is 4.47. The predicted molar refractivity (Wildman–Crippen MR) is 106 cm³/mol. The number of hydrogen-bond donors (Lipinski definition) is 2. The highest BCUT2D eigenvalue weighted by molar-refractivity contribution is 5.91. The Morgan fingerprint density at radius 2 is 1.83 bits per heavy atom. The standard InChI is InChI=1S/C22H20FNO5/c1-13-11-19(25)21(22(27)29-13)18(14-3-9-17(28-2)10-4-14)12-20(26)24-16-7-5-15(23)6-8-16/h3-11,18,25H,12H2,1-2H3,(H,24,26)/t18-/m1/s1. The smallest absolute Gasteiger partial charge is 0.343 e. The number of methoxy groups -OCH3 is 1. The van der Waals surface area contributed by atoms with Crippen LogP contribution in [0.3, 0.4) is 0 Å². The van der Waals surface area contributed by atoms with Crippen molar-refractivity contribution >= 4 is 11.6 Å². The van der Waals surface area contributed by atoms with Crippen molar-refractivity contribution in [2.75, 3.05) is 12.4 Å².